The summed E-state index contributed by atoms with van der Waals surface area (Å²) in [6, 6.07) is 2.08. The Kier molecular flexibility index (Phi) is 6.45. The van der Waals surface area contributed by atoms with Gasteiger partial charge in [0.05, 0.1) is 5.56 Å². The summed E-state index contributed by atoms with van der Waals surface area (Å²) in [6.07, 6.45) is -2.36. The van der Waals surface area contributed by atoms with Gasteiger partial charge in [-0.1, -0.05) is 6.92 Å². The lowest BCUT2D eigenvalue weighted by atomic mass is 10.2. The van der Waals surface area contributed by atoms with Gasteiger partial charge < -0.3 is 10.6 Å². The van der Waals surface area contributed by atoms with Gasteiger partial charge in [-0.25, -0.2) is 4.98 Å². The molecule has 1 rings (SSSR count). The van der Waals surface area contributed by atoms with Gasteiger partial charge in [0.1, 0.15) is 11.6 Å². The Morgan fingerprint density at radius 1 is 1.25 bits per heavy atom. The maximum absolute atomic E-state index is 12.8. The third-order valence-corrected chi connectivity index (χ3v) is 3.50. The minimum absolute atomic E-state index is 0.238. The lowest BCUT2D eigenvalue weighted by Crippen LogP contribution is -2.16. The Labute approximate surface area is 121 Å². The molecule has 0 aromatic carbocycles. The number of pyridine rings is 1. The highest BCUT2D eigenvalue weighted by Crippen LogP contribution is 2.32. The Hall–Kier alpha value is -1.11. The SMILES string of the molecule is CCNc1cc(C(F)(F)F)cc(NCC(C)CSC)n1. The summed E-state index contributed by atoms with van der Waals surface area (Å²) >= 11 is 1.71. The number of nitrogens with zero attached hydrogens (tertiary/aromatic N) is 1. The van der Waals surface area contributed by atoms with Crippen molar-refractivity contribution in [2.24, 2.45) is 5.92 Å². The topological polar surface area (TPSA) is 37.0 Å². The van der Waals surface area contributed by atoms with Crippen LogP contribution >= 0.6 is 11.8 Å². The highest BCUT2D eigenvalue weighted by molar-refractivity contribution is 7.98. The maximum atomic E-state index is 12.8. The summed E-state index contributed by atoms with van der Waals surface area (Å²) in [7, 11) is 0. The molecule has 0 saturated heterocycles. The van der Waals surface area contributed by atoms with Gasteiger partial charge >= 0.3 is 6.18 Å². The summed E-state index contributed by atoms with van der Waals surface area (Å²) in [4.78, 5) is 4.14. The number of hydrogen-bond donors (Lipinski definition) is 2. The first-order valence-electron chi connectivity index (χ1n) is 6.42. The number of hydrogen-bond acceptors (Lipinski definition) is 4. The van der Waals surface area contributed by atoms with E-state index in [-0.39, 0.29) is 11.6 Å². The van der Waals surface area contributed by atoms with Gasteiger partial charge in [-0.3, -0.25) is 0 Å². The van der Waals surface area contributed by atoms with Gasteiger partial charge in [0.2, 0.25) is 0 Å². The molecule has 1 heterocycles. The van der Waals surface area contributed by atoms with Crippen molar-refractivity contribution in [2.45, 2.75) is 20.0 Å². The van der Waals surface area contributed by atoms with Gasteiger partial charge in [-0.2, -0.15) is 24.9 Å². The summed E-state index contributed by atoms with van der Waals surface area (Å²) in [5.74, 6) is 1.81. The van der Waals surface area contributed by atoms with Gasteiger partial charge in [0.15, 0.2) is 0 Å². The van der Waals surface area contributed by atoms with Crippen molar-refractivity contribution in [2.75, 3.05) is 35.7 Å². The van der Waals surface area contributed by atoms with Gasteiger partial charge in [0, 0.05) is 13.1 Å². The molecule has 1 aromatic heterocycles. The molecule has 0 spiro atoms. The molecule has 1 atom stereocenters. The second kappa shape index (κ2) is 7.61. The lowest BCUT2D eigenvalue weighted by Gasteiger charge is -2.15. The lowest BCUT2D eigenvalue weighted by molar-refractivity contribution is -0.137. The van der Waals surface area contributed by atoms with E-state index in [0.717, 1.165) is 17.9 Å². The molecular weight excluding hydrogens is 287 g/mol. The van der Waals surface area contributed by atoms with E-state index in [9.17, 15) is 13.2 Å². The molecule has 0 radical (unpaired) electrons. The van der Waals surface area contributed by atoms with Crippen molar-refractivity contribution in [3.63, 3.8) is 0 Å². The fourth-order valence-electron chi connectivity index (χ4n) is 1.68. The smallest absolute Gasteiger partial charge is 0.370 e. The van der Waals surface area contributed by atoms with E-state index in [2.05, 4.69) is 15.6 Å². The average molecular weight is 307 g/mol. The van der Waals surface area contributed by atoms with Crippen LogP contribution in [0.1, 0.15) is 19.4 Å². The Balaban J connectivity index is 2.86. The Morgan fingerprint density at radius 2 is 1.85 bits per heavy atom. The van der Waals surface area contributed by atoms with Gasteiger partial charge in [0.25, 0.3) is 0 Å². The fourth-order valence-corrected chi connectivity index (χ4v) is 2.37. The van der Waals surface area contributed by atoms with E-state index in [1.807, 2.05) is 20.1 Å². The summed E-state index contributed by atoms with van der Waals surface area (Å²) in [5.41, 5.74) is -0.691. The number of alkyl halides is 3. The van der Waals surface area contributed by atoms with Crippen LogP contribution in [0.5, 0.6) is 0 Å². The van der Waals surface area contributed by atoms with Crippen molar-refractivity contribution in [3.05, 3.63) is 17.7 Å². The van der Waals surface area contributed by atoms with Gasteiger partial charge in [-0.05, 0) is 37.0 Å². The van der Waals surface area contributed by atoms with Crippen LogP contribution in [0.3, 0.4) is 0 Å². The molecule has 0 bridgehead atoms. The summed E-state index contributed by atoms with van der Waals surface area (Å²) < 4.78 is 38.5. The van der Waals surface area contributed by atoms with Crippen LogP contribution in [-0.2, 0) is 6.18 Å². The number of nitrogens with one attached hydrogen (secondary N) is 2. The first kappa shape index (κ1) is 16.9. The normalized spacial score (nSPS) is 13.1. The number of aromatic nitrogens is 1. The minimum Gasteiger partial charge on any atom is -0.370 e. The summed E-state index contributed by atoms with van der Waals surface area (Å²) in [5, 5.41) is 5.79. The molecule has 0 fully saturated rings. The van der Waals surface area contributed by atoms with Crippen LogP contribution in [0.25, 0.3) is 0 Å². The Bertz CT molecular complexity index is 424. The quantitative estimate of drug-likeness (QED) is 0.800. The first-order valence-corrected chi connectivity index (χ1v) is 7.82. The van der Waals surface area contributed by atoms with E-state index >= 15 is 0 Å². The molecule has 114 valence electrons. The average Bonchev–Trinajstić information content (AvgIpc) is 2.36. The second-order valence-corrected chi connectivity index (χ2v) is 5.51. The summed E-state index contributed by atoms with van der Waals surface area (Å²) in [6.45, 7) is 4.98. The van der Waals surface area contributed by atoms with Crippen LogP contribution in [0.15, 0.2) is 12.1 Å². The van der Waals surface area contributed by atoms with Crippen molar-refractivity contribution >= 4 is 23.4 Å². The van der Waals surface area contributed by atoms with E-state index in [1.54, 1.807) is 11.8 Å². The van der Waals surface area contributed by atoms with Crippen molar-refractivity contribution < 1.29 is 13.2 Å². The van der Waals surface area contributed by atoms with Crippen molar-refractivity contribution in [1.82, 2.24) is 4.98 Å². The minimum atomic E-state index is -4.37. The highest BCUT2D eigenvalue weighted by atomic mass is 32.2. The van der Waals surface area contributed by atoms with Crippen LogP contribution < -0.4 is 10.6 Å². The molecule has 0 saturated carbocycles. The number of thioether (sulfide) groups is 1. The van der Waals surface area contributed by atoms with E-state index < -0.39 is 11.7 Å². The molecule has 3 nitrogen and oxygen atoms in total. The van der Waals surface area contributed by atoms with Crippen LogP contribution in [-0.4, -0.2) is 30.1 Å². The molecule has 0 aliphatic heterocycles. The molecule has 0 amide bonds. The molecule has 1 aromatic rings. The molecule has 1 unspecified atom stereocenters. The maximum Gasteiger partial charge on any atom is 0.416 e. The predicted molar refractivity (Wildman–Crippen MR) is 79.4 cm³/mol. The standard InChI is InChI=1S/C13H20F3N3S/c1-4-17-11-5-10(13(14,15)16)6-12(19-11)18-7-9(2)8-20-3/h5-6,9H,4,7-8H2,1-3H3,(H2,17,18,19). The van der Waals surface area contributed by atoms with Gasteiger partial charge in [-0.15, -0.1) is 0 Å². The van der Waals surface area contributed by atoms with Crippen LogP contribution in [0.4, 0.5) is 24.8 Å². The third-order valence-electron chi connectivity index (χ3n) is 2.59. The van der Waals surface area contributed by atoms with E-state index in [4.69, 9.17) is 0 Å². The van der Waals surface area contributed by atoms with Crippen molar-refractivity contribution in [1.29, 1.82) is 0 Å². The zero-order valence-corrected chi connectivity index (χ0v) is 12.7. The highest BCUT2D eigenvalue weighted by Gasteiger charge is 2.31. The van der Waals surface area contributed by atoms with Crippen LogP contribution in [0, 0.1) is 5.92 Å². The molecular formula is C13H20F3N3S. The number of anilines is 2. The fraction of sp³-hybridized carbons (Fsp3) is 0.615. The molecule has 7 heteroatoms. The zero-order chi connectivity index (χ0) is 15.2. The zero-order valence-electron chi connectivity index (χ0n) is 11.8. The first-order chi connectivity index (χ1) is 9.36. The van der Waals surface area contributed by atoms with E-state index in [1.165, 1.54) is 0 Å². The Morgan fingerprint density at radius 3 is 2.35 bits per heavy atom. The van der Waals surface area contributed by atoms with Crippen molar-refractivity contribution in [3.8, 4) is 0 Å². The monoisotopic (exact) mass is 307 g/mol. The third kappa shape index (κ3) is 5.48. The second-order valence-electron chi connectivity index (χ2n) is 4.60. The molecule has 2 N–H and O–H groups in total. The van der Waals surface area contributed by atoms with E-state index in [0.29, 0.717) is 19.0 Å². The molecule has 0 aliphatic carbocycles. The number of halogens is 3. The van der Waals surface area contributed by atoms with Crippen LogP contribution in [0.2, 0.25) is 0 Å². The largest absolute Gasteiger partial charge is 0.416 e. The molecule has 0 aliphatic rings. The predicted octanol–water partition coefficient (Wildman–Crippen LogP) is 3.94. The molecule has 20 heavy (non-hydrogen) atoms. The number of rotatable bonds is 7.